The molecule has 1 aromatic carbocycles. The zero-order valence-corrected chi connectivity index (χ0v) is 13.2. The maximum atomic E-state index is 12.4. The van der Waals surface area contributed by atoms with Crippen molar-refractivity contribution in [1.29, 1.82) is 0 Å². The number of esters is 1. The standard InChI is InChI=1S/C17H25NO2/c1-16(2,3)20-15(19)17(4,5)14-7-6-13-11-18-9-8-12(13)10-14/h6-7,10,18H,8-9,11H2,1-5H3. The molecule has 1 heterocycles. The van der Waals surface area contributed by atoms with Gasteiger partial charge in [-0.3, -0.25) is 4.79 Å². The molecule has 0 fully saturated rings. The van der Waals surface area contributed by atoms with Gasteiger partial charge in [0.15, 0.2) is 0 Å². The van der Waals surface area contributed by atoms with Crippen molar-refractivity contribution in [2.75, 3.05) is 6.54 Å². The van der Waals surface area contributed by atoms with E-state index in [0.717, 1.165) is 25.1 Å². The first kappa shape index (κ1) is 15.0. The Morgan fingerprint density at radius 3 is 2.50 bits per heavy atom. The van der Waals surface area contributed by atoms with Crippen molar-refractivity contribution in [3.05, 3.63) is 34.9 Å². The van der Waals surface area contributed by atoms with Crippen LogP contribution in [-0.4, -0.2) is 18.1 Å². The average Bonchev–Trinajstić information content (AvgIpc) is 2.36. The Morgan fingerprint density at radius 1 is 1.15 bits per heavy atom. The minimum Gasteiger partial charge on any atom is -0.459 e. The number of hydrogen-bond acceptors (Lipinski definition) is 3. The van der Waals surface area contributed by atoms with Crippen LogP contribution in [0, 0.1) is 0 Å². The van der Waals surface area contributed by atoms with Gasteiger partial charge in [0.25, 0.3) is 0 Å². The molecule has 0 aliphatic carbocycles. The summed E-state index contributed by atoms with van der Waals surface area (Å²) in [7, 11) is 0. The molecule has 1 N–H and O–H groups in total. The van der Waals surface area contributed by atoms with Crippen LogP contribution in [0.5, 0.6) is 0 Å². The van der Waals surface area contributed by atoms with Crippen LogP contribution in [0.1, 0.15) is 51.3 Å². The number of carbonyl (C=O) groups is 1. The zero-order chi connectivity index (χ0) is 15.0. The lowest BCUT2D eigenvalue weighted by molar-refractivity contribution is -0.160. The van der Waals surface area contributed by atoms with Gasteiger partial charge in [-0.1, -0.05) is 18.2 Å². The fraction of sp³-hybridized carbons (Fsp3) is 0.588. The van der Waals surface area contributed by atoms with E-state index in [-0.39, 0.29) is 5.97 Å². The highest BCUT2D eigenvalue weighted by Crippen LogP contribution is 2.29. The van der Waals surface area contributed by atoms with E-state index in [9.17, 15) is 4.79 Å². The normalized spacial score (nSPS) is 15.7. The summed E-state index contributed by atoms with van der Waals surface area (Å²) >= 11 is 0. The van der Waals surface area contributed by atoms with Crippen LogP contribution in [0.2, 0.25) is 0 Å². The average molecular weight is 275 g/mol. The number of fused-ring (bicyclic) bond motifs is 1. The van der Waals surface area contributed by atoms with Gasteiger partial charge < -0.3 is 10.1 Å². The van der Waals surface area contributed by atoms with Crippen molar-refractivity contribution in [1.82, 2.24) is 5.32 Å². The Labute approximate surface area is 121 Å². The second-order valence-electron chi connectivity index (χ2n) is 7.04. The summed E-state index contributed by atoms with van der Waals surface area (Å²) in [4.78, 5) is 12.4. The second kappa shape index (κ2) is 5.21. The second-order valence-corrected chi connectivity index (χ2v) is 7.04. The Morgan fingerprint density at radius 2 is 1.85 bits per heavy atom. The molecule has 0 unspecified atom stereocenters. The van der Waals surface area contributed by atoms with Crippen molar-refractivity contribution >= 4 is 5.97 Å². The van der Waals surface area contributed by atoms with E-state index in [2.05, 4.69) is 23.5 Å². The van der Waals surface area contributed by atoms with E-state index in [4.69, 9.17) is 4.74 Å². The van der Waals surface area contributed by atoms with Crippen LogP contribution in [0.4, 0.5) is 0 Å². The van der Waals surface area contributed by atoms with Gasteiger partial charge in [0.05, 0.1) is 5.41 Å². The van der Waals surface area contributed by atoms with Crippen LogP contribution in [0.3, 0.4) is 0 Å². The molecule has 1 aliphatic heterocycles. The Balaban J connectivity index is 2.27. The van der Waals surface area contributed by atoms with Gasteiger partial charge in [-0.15, -0.1) is 0 Å². The highest BCUT2D eigenvalue weighted by molar-refractivity contribution is 5.82. The molecule has 0 aromatic heterocycles. The van der Waals surface area contributed by atoms with Gasteiger partial charge in [-0.05, 0) is 64.3 Å². The van der Waals surface area contributed by atoms with Crippen molar-refractivity contribution in [2.24, 2.45) is 0 Å². The first-order chi connectivity index (χ1) is 9.20. The van der Waals surface area contributed by atoms with Crippen LogP contribution in [0.15, 0.2) is 18.2 Å². The van der Waals surface area contributed by atoms with E-state index < -0.39 is 11.0 Å². The molecule has 0 radical (unpaired) electrons. The largest absolute Gasteiger partial charge is 0.459 e. The summed E-state index contributed by atoms with van der Waals surface area (Å²) in [5.74, 6) is -0.168. The Hall–Kier alpha value is -1.35. The maximum Gasteiger partial charge on any atom is 0.316 e. The van der Waals surface area contributed by atoms with E-state index in [1.807, 2.05) is 34.6 Å². The van der Waals surface area contributed by atoms with E-state index in [1.54, 1.807) is 0 Å². The van der Waals surface area contributed by atoms with Crippen LogP contribution in [0.25, 0.3) is 0 Å². The van der Waals surface area contributed by atoms with Crippen LogP contribution < -0.4 is 5.32 Å². The maximum absolute atomic E-state index is 12.4. The number of rotatable bonds is 2. The summed E-state index contributed by atoms with van der Waals surface area (Å²) in [5, 5.41) is 3.36. The van der Waals surface area contributed by atoms with Crippen molar-refractivity contribution in [3.8, 4) is 0 Å². The van der Waals surface area contributed by atoms with E-state index in [1.165, 1.54) is 11.1 Å². The summed E-state index contributed by atoms with van der Waals surface area (Å²) in [6.45, 7) is 11.5. The lowest BCUT2D eigenvalue weighted by Gasteiger charge is -2.30. The number of benzene rings is 1. The molecule has 3 heteroatoms. The van der Waals surface area contributed by atoms with Crippen LogP contribution >= 0.6 is 0 Å². The van der Waals surface area contributed by atoms with Crippen molar-refractivity contribution in [3.63, 3.8) is 0 Å². The molecule has 20 heavy (non-hydrogen) atoms. The topological polar surface area (TPSA) is 38.3 Å². The summed E-state index contributed by atoms with van der Waals surface area (Å²) in [6.07, 6.45) is 1.02. The fourth-order valence-corrected chi connectivity index (χ4v) is 2.39. The molecule has 2 rings (SSSR count). The molecule has 0 spiro atoms. The SMILES string of the molecule is CC(C)(C)OC(=O)C(C)(C)c1ccc2c(c1)CCNC2. The first-order valence-electron chi connectivity index (χ1n) is 7.26. The molecule has 0 saturated carbocycles. The molecule has 0 amide bonds. The van der Waals surface area contributed by atoms with Crippen molar-refractivity contribution < 1.29 is 9.53 Å². The van der Waals surface area contributed by atoms with Crippen molar-refractivity contribution in [2.45, 2.75) is 58.6 Å². The molecule has 1 aromatic rings. The van der Waals surface area contributed by atoms with Gasteiger partial charge in [0.2, 0.25) is 0 Å². The summed E-state index contributed by atoms with van der Waals surface area (Å²) < 4.78 is 5.55. The van der Waals surface area contributed by atoms with Gasteiger partial charge in [-0.2, -0.15) is 0 Å². The fourth-order valence-electron chi connectivity index (χ4n) is 2.39. The zero-order valence-electron chi connectivity index (χ0n) is 13.2. The molecular weight excluding hydrogens is 250 g/mol. The third-order valence-electron chi connectivity index (χ3n) is 3.72. The minimum absolute atomic E-state index is 0.168. The van der Waals surface area contributed by atoms with Gasteiger partial charge in [-0.25, -0.2) is 0 Å². The van der Waals surface area contributed by atoms with E-state index in [0.29, 0.717) is 0 Å². The Bertz CT molecular complexity index is 512. The third kappa shape index (κ3) is 3.21. The molecule has 1 aliphatic rings. The summed E-state index contributed by atoms with van der Waals surface area (Å²) in [5.41, 5.74) is 2.64. The smallest absolute Gasteiger partial charge is 0.316 e. The van der Waals surface area contributed by atoms with E-state index >= 15 is 0 Å². The molecule has 3 nitrogen and oxygen atoms in total. The van der Waals surface area contributed by atoms with Gasteiger partial charge >= 0.3 is 5.97 Å². The van der Waals surface area contributed by atoms with Gasteiger partial charge in [0.1, 0.15) is 5.60 Å². The molecule has 0 atom stereocenters. The summed E-state index contributed by atoms with van der Waals surface area (Å²) in [6, 6.07) is 6.35. The first-order valence-corrected chi connectivity index (χ1v) is 7.26. The van der Waals surface area contributed by atoms with Crippen LogP contribution in [-0.2, 0) is 27.9 Å². The number of hydrogen-bond donors (Lipinski definition) is 1. The monoisotopic (exact) mass is 275 g/mol. The number of carbonyl (C=O) groups excluding carboxylic acids is 1. The molecule has 110 valence electrons. The predicted octanol–water partition coefficient (Wildman–Crippen LogP) is 2.95. The third-order valence-corrected chi connectivity index (χ3v) is 3.72. The minimum atomic E-state index is -0.618. The number of nitrogens with one attached hydrogen (secondary N) is 1. The molecular formula is C17H25NO2. The molecule has 0 bridgehead atoms. The molecule has 0 saturated heterocycles. The van der Waals surface area contributed by atoms with Gasteiger partial charge in [0, 0.05) is 6.54 Å². The number of ether oxygens (including phenoxy) is 1. The quantitative estimate of drug-likeness (QED) is 0.843. The Kier molecular flexibility index (Phi) is 3.92. The highest BCUT2D eigenvalue weighted by atomic mass is 16.6. The highest BCUT2D eigenvalue weighted by Gasteiger charge is 2.34. The predicted molar refractivity (Wildman–Crippen MR) is 80.7 cm³/mol. The lowest BCUT2D eigenvalue weighted by atomic mass is 9.82. The lowest BCUT2D eigenvalue weighted by Crippen LogP contribution is -2.37.